The molecule has 2 heterocycles. The third-order valence-corrected chi connectivity index (χ3v) is 3.46. The molecule has 0 bridgehead atoms. The van der Waals surface area contributed by atoms with E-state index in [1.165, 1.54) is 0 Å². The second kappa shape index (κ2) is 5.85. The van der Waals surface area contributed by atoms with Crippen LogP contribution in [0.5, 0.6) is 0 Å². The summed E-state index contributed by atoms with van der Waals surface area (Å²) >= 11 is 12.4. The topological polar surface area (TPSA) is 38.7 Å². The van der Waals surface area contributed by atoms with Crippen molar-refractivity contribution in [2.75, 3.05) is 0 Å². The van der Waals surface area contributed by atoms with Gasteiger partial charge in [-0.25, -0.2) is 9.97 Å². The van der Waals surface area contributed by atoms with Crippen molar-refractivity contribution in [1.29, 1.82) is 0 Å². The van der Waals surface area contributed by atoms with Crippen molar-refractivity contribution >= 4 is 23.2 Å². The fourth-order valence-electron chi connectivity index (χ4n) is 1.94. The highest BCUT2D eigenvalue weighted by Crippen LogP contribution is 2.27. The molecule has 0 fully saturated rings. The maximum atomic E-state index is 6.18. The van der Waals surface area contributed by atoms with E-state index in [1.807, 2.05) is 19.9 Å². The largest absolute Gasteiger partial charge is 0.252 e. The summed E-state index contributed by atoms with van der Waals surface area (Å²) in [6, 6.07) is 2.04. The molecule has 0 atom stereocenters. The highest BCUT2D eigenvalue weighted by atomic mass is 35.5. The second-order valence-electron chi connectivity index (χ2n) is 4.54. The van der Waals surface area contributed by atoms with E-state index in [0.29, 0.717) is 16.1 Å². The molecule has 3 nitrogen and oxygen atoms in total. The van der Waals surface area contributed by atoms with Crippen molar-refractivity contribution < 1.29 is 0 Å². The van der Waals surface area contributed by atoms with Crippen molar-refractivity contribution in [3.05, 3.63) is 39.3 Å². The molecule has 0 aliphatic carbocycles. The number of aromatic nitrogens is 3. The minimum absolute atomic E-state index is 0.415. The lowest BCUT2D eigenvalue weighted by atomic mass is 10.1. The number of hydrogen-bond acceptors (Lipinski definition) is 3. The number of pyridine rings is 1. The van der Waals surface area contributed by atoms with E-state index in [9.17, 15) is 0 Å². The number of aryl methyl sites for hydroxylation is 2. The van der Waals surface area contributed by atoms with Crippen LogP contribution in [0.25, 0.3) is 11.5 Å². The molecule has 0 N–H and O–H groups in total. The molecular weight excluding hydrogens is 281 g/mol. The normalized spacial score (nSPS) is 10.8. The van der Waals surface area contributed by atoms with Gasteiger partial charge in [0.05, 0.1) is 0 Å². The molecule has 0 saturated carbocycles. The van der Waals surface area contributed by atoms with Crippen LogP contribution in [0.3, 0.4) is 0 Å². The van der Waals surface area contributed by atoms with Gasteiger partial charge in [0.1, 0.15) is 16.0 Å². The molecule has 0 spiro atoms. The zero-order valence-electron chi connectivity index (χ0n) is 11.2. The van der Waals surface area contributed by atoms with Gasteiger partial charge in [0, 0.05) is 11.8 Å². The zero-order chi connectivity index (χ0) is 14.0. The first-order chi connectivity index (χ1) is 9.02. The third-order valence-electron chi connectivity index (χ3n) is 2.83. The first kappa shape index (κ1) is 14.2. The van der Waals surface area contributed by atoms with Crippen LogP contribution in [0, 0.1) is 13.8 Å². The standard InChI is InChI=1S/C14H15Cl2N3/c1-4-5-10-12(15)18-14(19-13(10)16)11-9(3)6-8(2)7-17-11/h6-7H,4-5H2,1-3H3. The molecule has 2 rings (SSSR count). The van der Waals surface area contributed by atoms with E-state index in [2.05, 4.69) is 21.9 Å². The first-order valence-corrected chi connectivity index (χ1v) is 6.94. The number of hydrogen-bond donors (Lipinski definition) is 0. The SMILES string of the molecule is CCCc1c(Cl)nc(-c2ncc(C)cc2C)nc1Cl. The molecule has 0 amide bonds. The predicted molar refractivity (Wildman–Crippen MR) is 78.8 cm³/mol. The molecule has 19 heavy (non-hydrogen) atoms. The Balaban J connectivity index is 2.52. The molecule has 0 aliphatic heterocycles. The van der Waals surface area contributed by atoms with Crippen LogP contribution in [0.2, 0.25) is 10.3 Å². The lowest BCUT2D eigenvalue weighted by Crippen LogP contribution is -2.00. The number of rotatable bonds is 3. The molecular formula is C14H15Cl2N3. The Morgan fingerprint density at radius 2 is 1.74 bits per heavy atom. The van der Waals surface area contributed by atoms with Crippen LogP contribution in [0.1, 0.15) is 30.0 Å². The van der Waals surface area contributed by atoms with Crippen LogP contribution in [0.4, 0.5) is 0 Å². The van der Waals surface area contributed by atoms with Crippen molar-refractivity contribution in [1.82, 2.24) is 15.0 Å². The average Bonchev–Trinajstić information content (AvgIpc) is 2.33. The maximum Gasteiger partial charge on any atom is 0.181 e. The molecule has 2 aromatic rings. The zero-order valence-corrected chi connectivity index (χ0v) is 12.7. The Labute approximate surface area is 123 Å². The van der Waals surface area contributed by atoms with E-state index in [-0.39, 0.29) is 0 Å². The molecule has 0 radical (unpaired) electrons. The summed E-state index contributed by atoms with van der Waals surface area (Å²) in [5.41, 5.74) is 3.63. The quantitative estimate of drug-likeness (QED) is 0.787. The summed E-state index contributed by atoms with van der Waals surface area (Å²) in [5, 5.41) is 0.831. The fraction of sp³-hybridized carbons (Fsp3) is 0.357. The van der Waals surface area contributed by atoms with Crippen LogP contribution in [0.15, 0.2) is 12.3 Å². The minimum Gasteiger partial charge on any atom is -0.252 e. The van der Waals surface area contributed by atoms with Crippen LogP contribution in [-0.4, -0.2) is 15.0 Å². The van der Waals surface area contributed by atoms with Gasteiger partial charge in [-0.3, -0.25) is 4.98 Å². The van der Waals surface area contributed by atoms with E-state index in [0.717, 1.165) is 35.2 Å². The predicted octanol–water partition coefficient (Wildman–Crippen LogP) is 4.41. The molecule has 0 aliphatic rings. The summed E-state index contributed by atoms with van der Waals surface area (Å²) in [7, 11) is 0. The highest BCUT2D eigenvalue weighted by Gasteiger charge is 2.14. The van der Waals surface area contributed by atoms with Gasteiger partial charge in [0.2, 0.25) is 0 Å². The van der Waals surface area contributed by atoms with E-state index in [1.54, 1.807) is 6.20 Å². The van der Waals surface area contributed by atoms with Gasteiger partial charge < -0.3 is 0 Å². The average molecular weight is 296 g/mol. The highest BCUT2D eigenvalue weighted by molar-refractivity contribution is 6.34. The smallest absolute Gasteiger partial charge is 0.181 e. The summed E-state index contributed by atoms with van der Waals surface area (Å²) in [4.78, 5) is 13.0. The number of halogens is 2. The molecule has 0 aromatic carbocycles. The maximum absolute atomic E-state index is 6.18. The second-order valence-corrected chi connectivity index (χ2v) is 5.25. The minimum atomic E-state index is 0.415. The summed E-state index contributed by atoms with van der Waals surface area (Å²) in [5.74, 6) is 0.479. The van der Waals surface area contributed by atoms with Gasteiger partial charge in [-0.05, 0) is 31.4 Å². The fourth-order valence-corrected chi connectivity index (χ4v) is 2.52. The lowest BCUT2D eigenvalue weighted by molar-refractivity contribution is 0.901. The molecule has 0 unspecified atom stereocenters. The van der Waals surface area contributed by atoms with Gasteiger partial charge in [-0.2, -0.15) is 0 Å². The van der Waals surface area contributed by atoms with Crippen molar-refractivity contribution in [2.45, 2.75) is 33.6 Å². The number of nitrogens with zero attached hydrogens (tertiary/aromatic N) is 3. The van der Waals surface area contributed by atoms with Crippen molar-refractivity contribution in [3.8, 4) is 11.5 Å². The summed E-state index contributed by atoms with van der Waals surface area (Å²) in [6.07, 6.45) is 3.51. The van der Waals surface area contributed by atoms with E-state index >= 15 is 0 Å². The Hall–Kier alpha value is -1.19. The molecule has 2 aromatic heterocycles. The van der Waals surface area contributed by atoms with Crippen LogP contribution >= 0.6 is 23.2 Å². The van der Waals surface area contributed by atoms with Gasteiger partial charge >= 0.3 is 0 Å². The van der Waals surface area contributed by atoms with E-state index in [4.69, 9.17) is 23.2 Å². The van der Waals surface area contributed by atoms with Crippen molar-refractivity contribution in [2.24, 2.45) is 0 Å². The molecule has 0 saturated heterocycles. The van der Waals surface area contributed by atoms with Crippen LogP contribution < -0.4 is 0 Å². The lowest BCUT2D eigenvalue weighted by Gasteiger charge is -2.09. The van der Waals surface area contributed by atoms with Gasteiger partial charge in [0.15, 0.2) is 5.82 Å². The van der Waals surface area contributed by atoms with Crippen LogP contribution in [-0.2, 0) is 6.42 Å². The first-order valence-electron chi connectivity index (χ1n) is 6.18. The van der Waals surface area contributed by atoms with Crippen molar-refractivity contribution in [3.63, 3.8) is 0 Å². The molecule has 100 valence electrons. The van der Waals surface area contributed by atoms with Gasteiger partial charge in [-0.1, -0.05) is 42.6 Å². The Bertz CT molecular complexity index is 589. The van der Waals surface area contributed by atoms with Gasteiger partial charge in [-0.15, -0.1) is 0 Å². The Kier molecular flexibility index (Phi) is 4.38. The molecule has 5 heteroatoms. The summed E-state index contributed by atoms with van der Waals surface area (Å²) in [6.45, 7) is 6.03. The van der Waals surface area contributed by atoms with E-state index < -0.39 is 0 Å². The third kappa shape index (κ3) is 3.04. The van der Waals surface area contributed by atoms with Gasteiger partial charge in [0.25, 0.3) is 0 Å². The Morgan fingerprint density at radius 3 is 2.26 bits per heavy atom. The Morgan fingerprint density at radius 1 is 1.11 bits per heavy atom. The summed E-state index contributed by atoms with van der Waals surface area (Å²) < 4.78 is 0. The monoisotopic (exact) mass is 295 g/mol.